The summed E-state index contributed by atoms with van der Waals surface area (Å²) in [6, 6.07) is 6.09. The van der Waals surface area contributed by atoms with E-state index in [1.807, 2.05) is 26.0 Å². The molecule has 1 amide bonds. The summed E-state index contributed by atoms with van der Waals surface area (Å²) in [5.74, 6) is 0. The van der Waals surface area contributed by atoms with Gasteiger partial charge < -0.3 is 5.32 Å². The Bertz CT molecular complexity index is 323. The Morgan fingerprint density at radius 3 is 2.69 bits per heavy atom. The van der Waals surface area contributed by atoms with Crippen LogP contribution in [0.2, 0.25) is 0 Å². The lowest BCUT2D eigenvalue weighted by Crippen LogP contribution is -2.16. The summed E-state index contributed by atoms with van der Waals surface area (Å²) >= 11 is 5.16. The second-order valence-electron chi connectivity index (χ2n) is 3.06. The maximum absolute atomic E-state index is 10.4. The van der Waals surface area contributed by atoms with E-state index in [1.165, 1.54) is 11.1 Å². The molecule has 3 heteroatoms. The zero-order valence-corrected chi connectivity index (χ0v) is 8.48. The Labute approximate surface area is 82.9 Å². The first kappa shape index (κ1) is 10.1. The minimum absolute atomic E-state index is 0.494. The fourth-order valence-corrected chi connectivity index (χ4v) is 1.28. The third-order valence-electron chi connectivity index (χ3n) is 1.92. The van der Waals surface area contributed by atoms with Gasteiger partial charge >= 0.3 is 5.37 Å². The summed E-state index contributed by atoms with van der Waals surface area (Å²) < 4.78 is 0. The number of hydrogen-bond acceptors (Lipinski definition) is 1. The van der Waals surface area contributed by atoms with Gasteiger partial charge in [-0.25, -0.2) is 0 Å². The minimum Gasteiger partial charge on any atom is -0.339 e. The van der Waals surface area contributed by atoms with E-state index in [0.717, 1.165) is 5.56 Å². The van der Waals surface area contributed by atoms with Gasteiger partial charge in [0.1, 0.15) is 0 Å². The van der Waals surface area contributed by atoms with E-state index in [1.54, 1.807) is 0 Å². The summed E-state index contributed by atoms with van der Waals surface area (Å²) in [6.07, 6.45) is 0. The molecule has 70 valence electrons. The molecule has 2 nitrogen and oxygen atoms in total. The number of amides is 1. The standard InChI is InChI=1S/C10H12ClNO/c1-7-3-4-9(8(2)5-7)6-12-10(11)13/h3-5H,6H2,1-2H3,(H,12,13). The van der Waals surface area contributed by atoms with Crippen LogP contribution in [0.25, 0.3) is 0 Å². The van der Waals surface area contributed by atoms with Crippen LogP contribution in [0.5, 0.6) is 0 Å². The van der Waals surface area contributed by atoms with Crippen molar-refractivity contribution in [3.05, 3.63) is 34.9 Å². The summed E-state index contributed by atoms with van der Waals surface area (Å²) in [5, 5.41) is 2.03. The molecule has 1 aromatic rings. The van der Waals surface area contributed by atoms with E-state index in [4.69, 9.17) is 11.6 Å². The zero-order valence-electron chi connectivity index (χ0n) is 7.73. The molecule has 1 N–H and O–H groups in total. The molecule has 0 fully saturated rings. The van der Waals surface area contributed by atoms with Crippen molar-refractivity contribution in [3.8, 4) is 0 Å². The van der Waals surface area contributed by atoms with Crippen LogP contribution in [0.15, 0.2) is 18.2 Å². The number of carbonyl (C=O) groups is 1. The van der Waals surface area contributed by atoms with Gasteiger partial charge in [-0.05, 0) is 36.6 Å². The quantitative estimate of drug-likeness (QED) is 0.573. The molecule has 0 aliphatic heterocycles. The van der Waals surface area contributed by atoms with Gasteiger partial charge in [-0.3, -0.25) is 4.79 Å². The molecular weight excluding hydrogens is 186 g/mol. The fraction of sp³-hybridized carbons (Fsp3) is 0.300. The molecule has 0 aromatic heterocycles. The van der Waals surface area contributed by atoms with Crippen LogP contribution in [0.4, 0.5) is 4.79 Å². The maximum atomic E-state index is 10.4. The van der Waals surface area contributed by atoms with E-state index in [9.17, 15) is 4.79 Å². The van der Waals surface area contributed by atoms with Crippen molar-refractivity contribution in [1.29, 1.82) is 0 Å². The molecule has 1 rings (SSSR count). The lowest BCUT2D eigenvalue weighted by molar-refractivity contribution is 0.259. The van der Waals surface area contributed by atoms with Crippen LogP contribution in [-0.4, -0.2) is 5.37 Å². The number of aryl methyl sites for hydroxylation is 2. The first-order valence-corrected chi connectivity index (χ1v) is 4.47. The van der Waals surface area contributed by atoms with Crippen LogP contribution in [0.3, 0.4) is 0 Å². The van der Waals surface area contributed by atoms with E-state index in [0.29, 0.717) is 6.54 Å². The summed E-state index contributed by atoms with van der Waals surface area (Å²) in [7, 11) is 0. The van der Waals surface area contributed by atoms with Crippen molar-refractivity contribution < 1.29 is 4.79 Å². The van der Waals surface area contributed by atoms with Crippen molar-refractivity contribution in [1.82, 2.24) is 5.32 Å². The van der Waals surface area contributed by atoms with Crippen molar-refractivity contribution in [3.63, 3.8) is 0 Å². The van der Waals surface area contributed by atoms with Gasteiger partial charge in [-0.1, -0.05) is 23.8 Å². The molecule has 0 saturated carbocycles. The Balaban J connectivity index is 2.72. The van der Waals surface area contributed by atoms with E-state index in [2.05, 4.69) is 11.4 Å². The Morgan fingerprint density at radius 1 is 1.46 bits per heavy atom. The SMILES string of the molecule is Cc1ccc(CNC(=O)Cl)c(C)c1. The lowest BCUT2D eigenvalue weighted by atomic mass is 10.1. The molecule has 0 heterocycles. The van der Waals surface area contributed by atoms with Crippen LogP contribution in [0, 0.1) is 13.8 Å². The molecule has 13 heavy (non-hydrogen) atoms. The Kier molecular flexibility index (Phi) is 3.32. The fourth-order valence-electron chi connectivity index (χ4n) is 1.21. The third kappa shape index (κ3) is 3.07. The molecule has 0 unspecified atom stereocenters. The van der Waals surface area contributed by atoms with Crippen molar-refractivity contribution in [2.45, 2.75) is 20.4 Å². The first-order valence-electron chi connectivity index (χ1n) is 4.09. The van der Waals surface area contributed by atoms with Crippen LogP contribution in [-0.2, 0) is 6.54 Å². The van der Waals surface area contributed by atoms with E-state index in [-0.39, 0.29) is 0 Å². The molecule has 0 bridgehead atoms. The monoisotopic (exact) mass is 197 g/mol. The third-order valence-corrected chi connectivity index (χ3v) is 2.05. The number of rotatable bonds is 2. The highest BCUT2D eigenvalue weighted by Crippen LogP contribution is 2.09. The molecule has 0 saturated heterocycles. The minimum atomic E-state index is -0.514. The second-order valence-corrected chi connectivity index (χ2v) is 3.40. The van der Waals surface area contributed by atoms with Gasteiger partial charge in [0.2, 0.25) is 0 Å². The highest BCUT2D eigenvalue weighted by Gasteiger charge is 1.99. The van der Waals surface area contributed by atoms with Gasteiger partial charge in [0.15, 0.2) is 0 Å². The number of nitrogens with one attached hydrogen (secondary N) is 1. The molecule has 0 radical (unpaired) electrons. The molecular formula is C10H12ClNO. The average molecular weight is 198 g/mol. The smallest absolute Gasteiger partial charge is 0.314 e. The molecule has 0 spiro atoms. The molecule has 0 atom stereocenters. The number of carbonyl (C=O) groups excluding carboxylic acids is 1. The average Bonchev–Trinajstić information content (AvgIpc) is 2.02. The predicted molar refractivity (Wildman–Crippen MR) is 54.0 cm³/mol. The number of hydrogen-bond donors (Lipinski definition) is 1. The largest absolute Gasteiger partial charge is 0.339 e. The normalized spacial score (nSPS) is 9.77. The predicted octanol–water partition coefficient (Wildman–Crippen LogP) is 2.75. The van der Waals surface area contributed by atoms with Crippen LogP contribution in [0.1, 0.15) is 16.7 Å². The van der Waals surface area contributed by atoms with Crippen molar-refractivity contribution >= 4 is 17.0 Å². The zero-order chi connectivity index (χ0) is 9.84. The lowest BCUT2D eigenvalue weighted by Gasteiger charge is -2.06. The van der Waals surface area contributed by atoms with Gasteiger partial charge in [0, 0.05) is 6.54 Å². The summed E-state index contributed by atoms with van der Waals surface area (Å²) in [5.41, 5.74) is 3.49. The highest BCUT2D eigenvalue weighted by molar-refractivity contribution is 6.62. The topological polar surface area (TPSA) is 29.1 Å². The van der Waals surface area contributed by atoms with Gasteiger partial charge in [-0.2, -0.15) is 0 Å². The maximum Gasteiger partial charge on any atom is 0.314 e. The summed E-state index contributed by atoms with van der Waals surface area (Å²) in [4.78, 5) is 10.4. The van der Waals surface area contributed by atoms with Gasteiger partial charge in [0.05, 0.1) is 0 Å². The van der Waals surface area contributed by atoms with E-state index < -0.39 is 5.37 Å². The van der Waals surface area contributed by atoms with E-state index >= 15 is 0 Å². The molecule has 1 aromatic carbocycles. The van der Waals surface area contributed by atoms with Crippen LogP contribution < -0.4 is 5.32 Å². The highest BCUT2D eigenvalue weighted by atomic mass is 35.5. The molecule has 0 aliphatic rings. The van der Waals surface area contributed by atoms with Crippen molar-refractivity contribution in [2.75, 3.05) is 0 Å². The first-order chi connectivity index (χ1) is 6.09. The Morgan fingerprint density at radius 2 is 2.15 bits per heavy atom. The van der Waals surface area contributed by atoms with Crippen LogP contribution >= 0.6 is 11.6 Å². The van der Waals surface area contributed by atoms with Gasteiger partial charge in [0.25, 0.3) is 0 Å². The summed E-state index contributed by atoms with van der Waals surface area (Å²) in [6.45, 7) is 4.55. The van der Waals surface area contributed by atoms with Gasteiger partial charge in [-0.15, -0.1) is 0 Å². The number of benzene rings is 1. The van der Waals surface area contributed by atoms with Crippen molar-refractivity contribution in [2.24, 2.45) is 0 Å². The Hall–Kier alpha value is -1.02. The number of halogens is 1. The second kappa shape index (κ2) is 4.28. The molecule has 0 aliphatic carbocycles.